The van der Waals surface area contributed by atoms with Crippen LogP contribution in [0.5, 0.6) is 0 Å². The van der Waals surface area contributed by atoms with Gasteiger partial charge in [0.15, 0.2) is 0 Å². The fourth-order valence-electron chi connectivity index (χ4n) is 4.89. The molecule has 0 N–H and O–H groups in total. The molecule has 146 valence electrons. The van der Waals surface area contributed by atoms with Crippen LogP contribution < -0.4 is 0 Å². The van der Waals surface area contributed by atoms with Gasteiger partial charge in [0, 0.05) is 0 Å². The minimum absolute atomic E-state index is 0.0748. The van der Waals surface area contributed by atoms with E-state index in [0.717, 1.165) is 44.8 Å². The van der Waals surface area contributed by atoms with E-state index in [9.17, 15) is 14.4 Å². The van der Waals surface area contributed by atoms with Crippen LogP contribution in [0.4, 0.5) is 0 Å². The Morgan fingerprint density at radius 2 is 1.85 bits per heavy atom. The standard InChI is InChI=1S/C21H32O5/c1-5-19(2,3)17(23)25-16-11-15-10-14(16)12-21(15,13-22)18(24)26-20(4)8-6-7-9-20/h13-16H,5-12H2,1-4H3. The highest BCUT2D eigenvalue weighted by Crippen LogP contribution is 2.57. The lowest BCUT2D eigenvalue weighted by atomic mass is 9.73. The van der Waals surface area contributed by atoms with Gasteiger partial charge in [-0.3, -0.25) is 9.59 Å². The molecule has 0 spiro atoms. The van der Waals surface area contributed by atoms with Crippen LogP contribution >= 0.6 is 0 Å². The number of carbonyl (C=O) groups is 3. The van der Waals surface area contributed by atoms with E-state index in [0.29, 0.717) is 12.8 Å². The Labute approximate surface area is 156 Å². The maximum absolute atomic E-state index is 12.9. The van der Waals surface area contributed by atoms with Crippen molar-refractivity contribution in [1.82, 2.24) is 0 Å². The first kappa shape index (κ1) is 19.4. The molecule has 0 aliphatic heterocycles. The van der Waals surface area contributed by atoms with Crippen LogP contribution in [0.15, 0.2) is 0 Å². The van der Waals surface area contributed by atoms with Crippen LogP contribution in [0.1, 0.15) is 79.1 Å². The zero-order chi connectivity index (χ0) is 19.2. The Kier molecular flexibility index (Phi) is 4.95. The van der Waals surface area contributed by atoms with Crippen molar-refractivity contribution in [2.75, 3.05) is 0 Å². The molecule has 0 aromatic heterocycles. The maximum Gasteiger partial charge on any atom is 0.320 e. The quantitative estimate of drug-likeness (QED) is 0.407. The molecule has 0 radical (unpaired) electrons. The molecule has 3 aliphatic carbocycles. The zero-order valence-corrected chi connectivity index (χ0v) is 16.5. The number of rotatable bonds is 6. The van der Waals surface area contributed by atoms with Crippen LogP contribution in [0.2, 0.25) is 0 Å². The molecular formula is C21H32O5. The Morgan fingerprint density at radius 3 is 2.35 bits per heavy atom. The van der Waals surface area contributed by atoms with Gasteiger partial charge in [-0.05, 0) is 84.0 Å². The fraction of sp³-hybridized carbons (Fsp3) is 0.857. The Morgan fingerprint density at radius 1 is 1.19 bits per heavy atom. The second-order valence-electron chi connectivity index (χ2n) is 9.52. The second kappa shape index (κ2) is 6.65. The van der Waals surface area contributed by atoms with Gasteiger partial charge in [0.1, 0.15) is 23.4 Å². The molecule has 0 heterocycles. The molecule has 3 saturated carbocycles. The first-order valence-corrected chi connectivity index (χ1v) is 10.1. The summed E-state index contributed by atoms with van der Waals surface area (Å²) < 4.78 is 11.6. The molecule has 4 atom stereocenters. The zero-order valence-electron chi connectivity index (χ0n) is 16.5. The topological polar surface area (TPSA) is 69.7 Å². The molecule has 3 fully saturated rings. The average molecular weight is 364 g/mol. The van der Waals surface area contributed by atoms with E-state index >= 15 is 0 Å². The van der Waals surface area contributed by atoms with Gasteiger partial charge >= 0.3 is 11.9 Å². The molecule has 0 aromatic rings. The molecule has 5 nitrogen and oxygen atoms in total. The van der Waals surface area contributed by atoms with Crippen LogP contribution in [0.3, 0.4) is 0 Å². The number of fused-ring (bicyclic) bond motifs is 2. The summed E-state index contributed by atoms with van der Waals surface area (Å²) in [6, 6.07) is 0. The lowest BCUT2D eigenvalue weighted by Gasteiger charge is -2.37. The van der Waals surface area contributed by atoms with Gasteiger partial charge in [0.2, 0.25) is 0 Å². The van der Waals surface area contributed by atoms with Crippen molar-refractivity contribution in [3.05, 3.63) is 0 Å². The van der Waals surface area contributed by atoms with E-state index in [1.54, 1.807) is 0 Å². The second-order valence-corrected chi connectivity index (χ2v) is 9.52. The summed E-state index contributed by atoms with van der Waals surface area (Å²) in [5, 5.41) is 0. The monoisotopic (exact) mass is 364 g/mol. The molecule has 26 heavy (non-hydrogen) atoms. The summed E-state index contributed by atoms with van der Waals surface area (Å²) in [6.07, 6.45) is 7.01. The minimum Gasteiger partial charge on any atom is -0.462 e. The van der Waals surface area contributed by atoms with Crippen LogP contribution in [0.25, 0.3) is 0 Å². The molecule has 3 rings (SSSR count). The van der Waals surface area contributed by atoms with E-state index in [2.05, 4.69) is 0 Å². The van der Waals surface area contributed by atoms with Gasteiger partial charge in [-0.25, -0.2) is 0 Å². The van der Waals surface area contributed by atoms with E-state index in [-0.39, 0.29) is 29.9 Å². The van der Waals surface area contributed by atoms with Gasteiger partial charge in [-0.15, -0.1) is 0 Å². The third kappa shape index (κ3) is 3.18. The summed E-state index contributed by atoms with van der Waals surface area (Å²) in [7, 11) is 0. The van der Waals surface area contributed by atoms with Crippen molar-refractivity contribution in [3.8, 4) is 0 Å². The van der Waals surface area contributed by atoms with Crippen molar-refractivity contribution < 1.29 is 23.9 Å². The first-order valence-electron chi connectivity index (χ1n) is 10.1. The highest BCUT2D eigenvalue weighted by Gasteiger charge is 2.62. The minimum atomic E-state index is -1.04. The summed E-state index contributed by atoms with van der Waals surface area (Å²) in [5.74, 6) is -0.547. The summed E-state index contributed by atoms with van der Waals surface area (Å²) in [6.45, 7) is 7.72. The van der Waals surface area contributed by atoms with Crippen molar-refractivity contribution >= 4 is 18.2 Å². The van der Waals surface area contributed by atoms with Crippen LogP contribution in [-0.2, 0) is 23.9 Å². The van der Waals surface area contributed by atoms with Gasteiger partial charge in [0.05, 0.1) is 5.41 Å². The molecule has 3 aliphatic rings. The van der Waals surface area contributed by atoms with E-state index in [1.165, 1.54) is 0 Å². The van der Waals surface area contributed by atoms with Crippen molar-refractivity contribution in [2.45, 2.75) is 90.8 Å². The highest BCUT2D eigenvalue weighted by molar-refractivity contribution is 5.94. The normalized spacial score (nSPS) is 35.3. The molecule has 2 bridgehead atoms. The molecule has 0 saturated heterocycles. The third-order valence-corrected chi connectivity index (χ3v) is 7.24. The Hall–Kier alpha value is -1.39. The van der Waals surface area contributed by atoms with Crippen molar-refractivity contribution in [2.24, 2.45) is 22.7 Å². The molecule has 0 aromatic carbocycles. The number of esters is 2. The predicted molar refractivity (Wildman–Crippen MR) is 96.2 cm³/mol. The number of hydrogen-bond donors (Lipinski definition) is 0. The maximum atomic E-state index is 12.9. The van der Waals surface area contributed by atoms with E-state index < -0.39 is 16.4 Å². The summed E-state index contributed by atoms with van der Waals surface area (Å²) >= 11 is 0. The van der Waals surface area contributed by atoms with Gasteiger partial charge in [-0.2, -0.15) is 0 Å². The van der Waals surface area contributed by atoms with E-state index in [4.69, 9.17) is 9.47 Å². The lowest BCUT2D eigenvalue weighted by Crippen LogP contribution is -2.46. The number of aldehydes is 1. The first-order chi connectivity index (χ1) is 12.2. The number of ether oxygens (including phenoxy) is 2. The number of carbonyl (C=O) groups excluding carboxylic acids is 3. The lowest BCUT2D eigenvalue weighted by molar-refractivity contribution is -0.177. The third-order valence-electron chi connectivity index (χ3n) is 7.24. The van der Waals surface area contributed by atoms with Crippen molar-refractivity contribution in [1.29, 1.82) is 0 Å². The molecular weight excluding hydrogens is 332 g/mol. The largest absolute Gasteiger partial charge is 0.462 e. The van der Waals surface area contributed by atoms with Gasteiger partial charge in [-0.1, -0.05) is 6.92 Å². The smallest absolute Gasteiger partial charge is 0.320 e. The SMILES string of the molecule is CCC(C)(C)C(=O)OC1CC2CC1CC2(C=O)C(=O)OC1(C)CCCC1. The molecule has 0 amide bonds. The summed E-state index contributed by atoms with van der Waals surface area (Å²) in [5.41, 5.74) is -1.97. The van der Waals surface area contributed by atoms with Gasteiger partial charge in [0.25, 0.3) is 0 Å². The molecule has 4 unspecified atom stereocenters. The predicted octanol–water partition coefficient (Wildman–Crippen LogP) is 3.83. The van der Waals surface area contributed by atoms with Crippen LogP contribution in [0, 0.1) is 22.7 Å². The Bertz CT molecular complexity index is 589. The van der Waals surface area contributed by atoms with E-state index in [1.807, 2.05) is 27.7 Å². The van der Waals surface area contributed by atoms with Crippen molar-refractivity contribution in [3.63, 3.8) is 0 Å². The molecule has 5 heteroatoms. The fourth-order valence-corrected chi connectivity index (χ4v) is 4.89. The highest BCUT2D eigenvalue weighted by atomic mass is 16.6. The Balaban J connectivity index is 1.66. The number of hydrogen-bond acceptors (Lipinski definition) is 5. The van der Waals surface area contributed by atoms with Crippen LogP contribution in [-0.4, -0.2) is 29.9 Å². The average Bonchev–Trinajstić information content (AvgIpc) is 3.29. The van der Waals surface area contributed by atoms with Gasteiger partial charge < -0.3 is 14.3 Å². The summed E-state index contributed by atoms with van der Waals surface area (Å²) in [4.78, 5) is 37.3.